The van der Waals surface area contributed by atoms with Gasteiger partial charge < -0.3 is 19.9 Å². The second kappa shape index (κ2) is 16.6. The molecule has 1 aliphatic heterocycles. The summed E-state index contributed by atoms with van der Waals surface area (Å²) in [4.78, 5) is 15.0. The maximum Gasteiger partial charge on any atom is 0.242 e. The molecule has 258 valence electrons. The number of sulfonamides is 1. The van der Waals surface area contributed by atoms with E-state index in [1.165, 1.54) is 12.1 Å². The van der Waals surface area contributed by atoms with Crippen molar-refractivity contribution in [3.63, 3.8) is 0 Å². The van der Waals surface area contributed by atoms with E-state index in [1.807, 2.05) is 91.9 Å². The third-order valence-corrected chi connectivity index (χ3v) is 11.1. The zero-order valence-electron chi connectivity index (χ0n) is 27.6. The van der Waals surface area contributed by atoms with Gasteiger partial charge in [0.05, 0.1) is 23.7 Å². The molecular weight excluding hydrogens is 669 g/mol. The molecule has 0 aliphatic carbocycles. The maximum absolute atomic E-state index is 13.8. The summed E-state index contributed by atoms with van der Waals surface area (Å²) in [5.41, 5.74) is 4.75. The van der Waals surface area contributed by atoms with Crippen molar-refractivity contribution in [1.29, 1.82) is 0 Å². The molecule has 3 N–H and O–H groups in total. The molecule has 1 heterocycles. The van der Waals surface area contributed by atoms with E-state index in [9.17, 15) is 18.3 Å². The smallest absolute Gasteiger partial charge is 0.242 e. The maximum atomic E-state index is 13.8. The minimum absolute atomic E-state index is 0.0357. The standard InChI is InChI=1S/C40H40N2O6S2/c1-28-15-21-36(22-16-28)50(45,46)42-37(23-29-9-4-2-5-10-29)39(44)41-33-12-8-11-32(24-33)40-47-34(27-49-35-13-6-3-7-14-35)25-38(48-40)31-19-17-30(26-43)18-20-31/h2-22,24,34,37-38,40,42-43H,23,25-27H2,1H3,(H,41,44)/t34-,37-,38+,40+/m1/s1. The van der Waals surface area contributed by atoms with Gasteiger partial charge in [-0.25, -0.2) is 8.42 Å². The largest absolute Gasteiger partial charge is 0.392 e. The minimum Gasteiger partial charge on any atom is -0.392 e. The number of carbonyl (C=O) groups is 1. The second-order valence-corrected chi connectivity index (χ2v) is 15.1. The van der Waals surface area contributed by atoms with Crippen molar-refractivity contribution in [2.45, 2.75) is 60.7 Å². The van der Waals surface area contributed by atoms with Crippen LogP contribution >= 0.6 is 11.8 Å². The predicted octanol–water partition coefficient (Wildman–Crippen LogP) is 7.35. The number of aliphatic hydroxyl groups is 1. The van der Waals surface area contributed by atoms with Gasteiger partial charge in [0.1, 0.15) is 6.04 Å². The van der Waals surface area contributed by atoms with E-state index in [0.29, 0.717) is 23.4 Å². The molecule has 1 aliphatic rings. The first-order valence-electron chi connectivity index (χ1n) is 16.5. The Morgan fingerprint density at radius 2 is 1.52 bits per heavy atom. The molecule has 5 aromatic carbocycles. The Hall–Kier alpha value is -4.29. The number of benzene rings is 5. The molecule has 0 saturated carbocycles. The Morgan fingerprint density at radius 3 is 2.22 bits per heavy atom. The molecule has 0 aromatic heterocycles. The number of nitrogens with one attached hydrogen (secondary N) is 2. The quantitative estimate of drug-likeness (QED) is 0.110. The number of aryl methyl sites for hydroxylation is 1. The van der Waals surface area contributed by atoms with Gasteiger partial charge in [-0.3, -0.25) is 4.79 Å². The number of ether oxygens (including phenoxy) is 2. The molecule has 0 unspecified atom stereocenters. The fourth-order valence-electron chi connectivity index (χ4n) is 5.73. The minimum atomic E-state index is -3.99. The Bertz CT molecular complexity index is 1960. The van der Waals surface area contributed by atoms with E-state index in [4.69, 9.17) is 9.47 Å². The van der Waals surface area contributed by atoms with Crippen molar-refractivity contribution < 1.29 is 27.8 Å². The summed E-state index contributed by atoms with van der Waals surface area (Å²) in [6.07, 6.45) is -0.305. The zero-order chi connectivity index (χ0) is 34.9. The molecule has 5 aromatic rings. The van der Waals surface area contributed by atoms with Gasteiger partial charge in [0.2, 0.25) is 15.9 Å². The average molecular weight is 709 g/mol. The molecule has 0 bridgehead atoms. The van der Waals surface area contributed by atoms with Gasteiger partial charge in [0.15, 0.2) is 6.29 Å². The summed E-state index contributed by atoms with van der Waals surface area (Å²) in [6.45, 7) is 1.85. The summed E-state index contributed by atoms with van der Waals surface area (Å²) in [5, 5.41) is 12.5. The molecule has 1 amide bonds. The van der Waals surface area contributed by atoms with Crippen LogP contribution in [0, 0.1) is 6.92 Å². The molecular formula is C40H40N2O6S2. The van der Waals surface area contributed by atoms with Crippen LogP contribution in [0.5, 0.6) is 0 Å². The molecule has 50 heavy (non-hydrogen) atoms. The fraction of sp³-hybridized carbons (Fsp3) is 0.225. The van der Waals surface area contributed by atoms with Crippen LogP contribution in [0.3, 0.4) is 0 Å². The van der Waals surface area contributed by atoms with Crippen LogP contribution < -0.4 is 10.0 Å². The lowest BCUT2D eigenvalue weighted by Gasteiger charge is -2.36. The van der Waals surface area contributed by atoms with E-state index in [2.05, 4.69) is 22.2 Å². The summed E-state index contributed by atoms with van der Waals surface area (Å²) in [5.74, 6) is 0.222. The SMILES string of the molecule is Cc1ccc(S(=O)(=O)N[C@H](Cc2ccccc2)C(=O)Nc2cccc([C@H]3O[C@@H](CSc4ccccc4)C[C@@H](c4ccc(CO)cc4)O3)c2)cc1. The number of rotatable bonds is 13. The highest BCUT2D eigenvalue weighted by Crippen LogP contribution is 2.40. The van der Waals surface area contributed by atoms with Crippen molar-refractivity contribution in [2.75, 3.05) is 11.1 Å². The van der Waals surface area contributed by atoms with E-state index < -0.39 is 28.3 Å². The normalized spacial score (nSPS) is 18.3. The number of amides is 1. The number of thioether (sulfide) groups is 1. The average Bonchev–Trinajstić information content (AvgIpc) is 3.14. The molecule has 1 fully saturated rings. The Labute approximate surface area is 297 Å². The number of carbonyl (C=O) groups excluding carboxylic acids is 1. The molecule has 10 heteroatoms. The Kier molecular flexibility index (Phi) is 11.8. The lowest BCUT2D eigenvalue weighted by molar-refractivity contribution is -0.245. The summed E-state index contributed by atoms with van der Waals surface area (Å²) < 4.78 is 42.4. The van der Waals surface area contributed by atoms with Crippen molar-refractivity contribution in [3.8, 4) is 0 Å². The lowest BCUT2D eigenvalue weighted by Crippen LogP contribution is -2.45. The van der Waals surface area contributed by atoms with E-state index >= 15 is 0 Å². The van der Waals surface area contributed by atoms with E-state index in [0.717, 1.165) is 27.1 Å². The molecule has 6 rings (SSSR count). The van der Waals surface area contributed by atoms with Crippen molar-refractivity contribution in [3.05, 3.63) is 161 Å². The van der Waals surface area contributed by atoms with Crippen LogP contribution in [-0.4, -0.2) is 37.3 Å². The van der Waals surface area contributed by atoms with Gasteiger partial charge in [0.25, 0.3) is 0 Å². The summed E-state index contributed by atoms with van der Waals surface area (Å²) in [7, 11) is -3.99. The van der Waals surface area contributed by atoms with Crippen molar-refractivity contribution in [1.82, 2.24) is 4.72 Å². The molecule has 8 nitrogen and oxygen atoms in total. The van der Waals surface area contributed by atoms with Gasteiger partial charge in [-0.2, -0.15) is 4.72 Å². The number of hydrogen-bond acceptors (Lipinski definition) is 7. The van der Waals surface area contributed by atoms with E-state index in [-0.39, 0.29) is 30.1 Å². The third-order valence-electron chi connectivity index (χ3n) is 8.45. The highest BCUT2D eigenvalue weighted by molar-refractivity contribution is 7.99. The fourth-order valence-corrected chi connectivity index (χ4v) is 7.87. The van der Waals surface area contributed by atoms with Crippen LogP contribution in [0.4, 0.5) is 5.69 Å². The number of aliphatic hydroxyl groups excluding tert-OH is 1. The first kappa shape index (κ1) is 35.5. The Morgan fingerprint density at radius 1 is 0.820 bits per heavy atom. The van der Waals surface area contributed by atoms with Gasteiger partial charge >= 0.3 is 0 Å². The molecule has 0 radical (unpaired) electrons. The predicted molar refractivity (Wildman–Crippen MR) is 196 cm³/mol. The Balaban J connectivity index is 1.22. The van der Waals surface area contributed by atoms with Crippen LogP contribution in [0.2, 0.25) is 0 Å². The summed E-state index contributed by atoms with van der Waals surface area (Å²) in [6, 6.07) is 39.9. The monoisotopic (exact) mass is 708 g/mol. The van der Waals surface area contributed by atoms with Crippen molar-refractivity contribution in [2.24, 2.45) is 0 Å². The number of anilines is 1. The van der Waals surface area contributed by atoms with Gasteiger partial charge in [0, 0.05) is 28.3 Å². The van der Waals surface area contributed by atoms with Crippen LogP contribution in [-0.2, 0) is 37.3 Å². The molecule has 4 atom stereocenters. The van der Waals surface area contributed by atoms with Gasteiger partial charge in [-0.15, -0.1) is 11.8 Å². The van der Waals surface area contributed by atoms with Gasteiger partial charge in [-0.1, -0.05) is 103 Å². The van der Waals surface area contributed by atoms with Crippen LogP contribution in [0.15, 0.2) is 143 Å². The lowest BCUT2D eigenvalue weighted by atomic mass is 10.0. The topological polar surface area (TPSA) is 114 Å². The first-order valence-corrected chi connectivity index (χ1v) is 18.9. The van der Waals surface area contributed by atoms with Crippen LogP contribution in [0.25, 0.3) is 0 Å². The highest BCUT2D eigenvalue weighted by atomic mass is 32.2. The number of hydrogen-bond donors (Lipinski definition) is 3. The van der Waals surface area contributed by atoms with Gasteiger partial charge in [-0.05, 0) is 66.4 Å². The van der Waals surface area contributed by atoms with Crippen molar-refractivity contribution >= 4 is 33.4 Å². The highest BCUT2D eigenvalue weighted by Gasteiger charge is 2.33. The zero-order valence-corrected chi connectivity index (χ0v) is 29.3. The molecule has 1 saturated heterocycles. The third kappa shape index (κ3) is 9.48. The molecule has 0 spiro atoms. The second-order valence-electron chi connectivity index (χ2n) is 12.3. The summed E-state index contributed by atoms with van der Waals surface area (Å²) >= 11 is 1.72. The first-order chi connectivity index (χ1) is 24.3. The van der Waals surface area contributed by atoms with E-state index in [1.54, 1.807) is 36.0 Å². The van der Waals surface area contributed by atoms with Crippen LogP contribution in [0.1, 0.15) is 46.6 Å².